The van der Waals surface area contributed by atoms with Crippen molar-refractivity contribution in [2.75, 3.05) is 13.2 Å². The standard InChI is InChI=1S/C20H25BBrF2O7PS/c1-7-28-32(27,29-8-2)20(23,24)16-14(22)12-9-11(17(25)26)10-13(15(12)33-16)21-30-18(3,4)19(5,6)31-21/h9-10H,7-8H2,1-6H3,(H,25,26). The van der Waals surface area contributed by atoms with Crippen molar-refractivity contribution in [3.8, 4) is 0 Å². The van der Waals surface area contributed by atoms with E-state index in [9.17, 15) is 14.5 Å². The summed E-state index contributed by atoms with van der Waals surface area (Å²) in [5, 5.41) is 9.82. The van der Waals surface area contributed by atoms with Crippen LogP contribution >= 0.6 is 34.9 Å². The fourth-order valence-corrected chi connectivity index (χ4v) is 7.39. The van der Waals surface area contributed by atoms with E-state index in [1.165, 1.54) is 26.0 Å². The van der Waals surface area contributed by atoms with Crippen molar-refractivity contribution in [1.29, 1.82) is 0 Å². The number of hydrogen-bond donors (Lipinski definition) is 1. The summed E-state index contributed by atoms with van der Waals surface area (Å²) in [6, 6.07) is 2.63. The number of thiophene rings is 1. The zero-order valence-electron chi connectivity index (χ0n) is 19.0. The molecule has 1 N–H and O–H groups in total. The molecule has 2 heterocycles. The van der Waals surface area contributed by atoms with Gasteiger partial charge in [0.25, 0.3) is 0 Å². The SMILES string of the molecule is CCOP(=O)(OCC)C(F)(F)c1sc2c(B3OC(C)(C)C(C)(C)O3)cc(C(=O)O)cc2c1Br. The molecule has 0 saturated carbocycles. The van der Waals surface area contributed by atoms with Gasteiger partial charge in [0.2, 0.25) is 0 Å². The molecule has 1 aliphatic rings. The number of carbonyl (C=O) groups is 1. The van der Waals surface area contributed by atoms with Crippen LogP contribution in [0.15, 0.2) is 16.6 Å². The number of fused-ring (bicyclic) bond motifs is 1. The number of benzene rings is 1. The van der Waals surface area contributed by atoms with E-state index in [2.05, 4.69) is 15.9 Å². The van der Waals surface area contributed by atoms with Crippen LogP contribution in [0, 0.1) is 0 Å². The molecule has 13 heteroatoms. The highest BCUT2D eigenvalue weighted by molar-refractivity contribution is 9.10. The van der Waals surface area contributed by atoms with E-state index >= 15 is 8.78 Å². The Hall–Kier alpha value is -0.875. The van der Waals surface area contributed by atoms with Gasteiger partial charge in [-0.25, -0.2) is 4.79 Å². The molecule has 1 aromatic carbocycles. The van der Waals surface area contributed by atoms with Crippen LogP contribution in [0.1, 0.15) is 56.8 Å². The Balaban J connectivity index is 2.26. The van der Waals surface area contributed by atoms with Crippen LogP contribution < -0.4 is 5.46 Å². The van der Waals surface area contributed by atoms with Crippen LogP contribution in [0.2, 0.25) is 0 Å². The molecule has 1 aromatic heterocycles. The maximum atomic E-state index is 15.6. The summed E-state index contributed by atoms with van der Waals surface area (Å²) in [5.74, 6) is -1.24. The fraction of sp³-hybridized carbons (Fsp3) is 0.550. The Bertz CT molecular complexity index is 1110. The summed E-state index contributed by atoms with van der Waals surface area (Å²) in [6.45, 7) is 9.72. The lowest BCUT2D eigenvalue weighted by Gasteiger charge is -2.32. The van der Waals surface area contributed by atoms with Crippen LogP contribution in [0.3, 0.4) is 0 Å². The number of halogens is 3. The molecule has 0 amide bonds. The average Bonchev–Trinajstić information content (AvgIpc) is 3.14. The van der Waals surface area contributed by atoms with Gasteiger partial charge in [-0.05, 0) is 69.6 Å². The number of carboxylic acid groups (broad SMARTS) is 1. The second-order valence-electron chi connectivity index (χ2n) is 8.45. The molecule has 0 spiro atoms. The smallest absolute Gasteiger partial charge is 0.478 e. The summed E-state index contributed by atoms with van der Waals surface area (Å²) in [5.41, 5.74) is -5.29. The summed E-state index contributed by atoms with van der Waals surface area (Å²) >= 11 is 3.84. The minimum Gasteiger partial charge on any atom is -0.478 e. The molecule has 0 radical (unpaired) electrons. The quantitative estimate of drug-likeness (QED) is 0.309. The van der Waals surface area contributed by atoms with Crippen LogP contribution in [0.5, 0.6) is 0 Å². The minimum absolute atomic E-state index is 0.0898. The van der Waals surface area contributed by atoms with E-state index in [0.29, 0.717) is 21.5 Å². The maximum absolute atomic E-state index is 15.6. The average molecular weight is 569 g/mol. The highest BCUT2D eigenvalue weighted by Gasteiger charge is 2.58. The second-order valence-corrected chi connectivity index (χ2v) is 12.3. The first-order valence-corrected chi connectivity index (χ1v) is 13.4. The molecule has 0 bridgehead atoms. The van der Waals surface area contributed by atoms with Crippen molar-refractivity contribution in [2.45, 2.75) is 58.4 Å². The van der Waals surface area contributed by atoms with Crippen LogP contribution in [0.25, 0.3) is 10.1 Å². The topological polar surface area (TPSA) is 91.3 Å². The minimum atomic E-state index is -4.87. The van der Waals surface area contributed by atoms with Crippen molar-refractivity contribution in [3.63, 3.8) is 0 Å². The largest absolute Gasteiger partial charge is 0.496 e. The van der Waals surface area contributed by atoms with E-state index in [4.69, 9.17) is 18.4 Å². The van der Waals surface area contributed by atoms with E-state index in [1.807, 2.05) is 27.7 Å². The van der Waals surface area contributed by atoms with Crippen molar-refractivity contribution in [2.24, 2.45) is 0 Å². The molecule has 1 aliphatic heterocycles. The summed E-state index contributed by atoms with van der Waals surface area (Å²) in [4.78, 5) is 11.2. The second kappa shape index (κ2) is 8.97. The molecule has 7 nitrogen and oxygen atoms in total. The Morgan fingerprint density at radius 3 is 2.15 bits per heavy atom. The molecule has 1 fully saturated rings. The molecule has 0 aliphatic carbocycles. The van der Waals surface area contributed by atoms with Gasteiger partial charge in [-0.3, -0.25) is 4.57 Å². The van der Waals surface area contributed by atoms with E-state index in [-0.39, 0.29) is 28.6 Å². The number of carboxylic acids is 1. The van der Waals surface area contributed by atoms with Crippen molar-refractivity contribution < 1.29 is 41.6 Å². The summed E-state index contributed by atoms with van der Waals surface area (Å²) in [6.07, 6.45) is 0. The summed E-state index contributed by atoms with van der Waals surface area (Å²) < 4.78 is 66.3. The fourth-order valence-electron chi connectivity index (χ4n) is 3.32. The van der Waals surface area contributed by atoms with E-state index < -0.39 is 42.4 Å². The van der Waals surface area contributed by atoms with Gasteiger partial charge in [-0.2, -0.15) is 8.78 Å². The van der Waals surface area contributed by atoms with Gasteiger partial charge in [0.05, 0.1) is 30.0 Å². The molecule has 3 rings (SSSR count). The Kier molecular flexibility index (Phi) is 7.26. The molecule has 1 saturated heterocycles. The molecule has 33 heavy (non-hydrogen) atoms. The van der Waals surface area contributed by atoms with Gasteiger partial charge in [0.15, 0.2) is 0 Å². The highest BCUT2D eigenvalue weighted by atomic mass is 79.9. The van der Waals surface area contributed by atoms with Crippen molar-refractivity contribution in [3.05, 3.63) is 27.0 Å². The number of aromatic carboxylic acids is 1. The number of hydrogen-bond acceptors (Lipinski definition) is 7. The van der Waals surface area contributed by atoms with Gasteiger partial charge in [-0.1, -0.05) is 0 Å². The van der Waals surface area contributed by atoms with Gasteiger partial charge in [0, 0.05) is 20.0 Å². The van der Waals surface area contributed by atoms with Crippen molar-refractivity contribution in [1.82, 2.24) is 0 Å². The van der Waals surface area contributed by atoms with Crippen LogP contribution in [-0.2, 0) is 28.6 Å². The van der Waals surface area contributed by atoms with Crippen LogP contribution in [-0.4, -0.2) is 42.6 Å². The van der Waals surface area contributed by atoms with Gasteiger partial charge < -0.3 is 23.5 Å². The molecule has 2 aromatic rings. The third kappa shape index (κ3) is 4.44. The predicted molar refractivity (Wildman–Crippen MR) is 127 cm³/mol. The molecule has 0 unspecified atom stereocenters. The molecule has 0 atom stereocenters. The Labute approximate surface area is 203 Å². The zero-order valence-corrected chi connectivity index (χ0v) is 22.3. The third-order valence-corrected chi connectivity index (χ3v) is 10.4. The van der Waals surface area contributed by atoms with Gasteiger partial charge >= 0.3 is 26.3 Å². The number of alkyl halides is 2. The first kappa shape index (κ1) is 26.7. The molecule has 182 valence electrons. The summed E-state index contributed by atoms with van der Waals surface area (Å²) in [7, 11) is -5.86. The van der Waals surface area contributed by atoms with Gasteiger partial charge in [-0.15, -0.1) is 11.3 Å². The van der Waals surface area contributed by atoms with E-state index in [0.717, 1.165) is 0 Å². The number of rotatable bonds is 8. The third-order valence-electron chi connectivity index (χ3n) is 5.73. The first-order valence-electron chi connectivity index (χ1n) is 10.2. The Morgan fingerprint density at radius 1 is 1.18 bits per heavy atom. The normalized spacial score (nSPS) is 18.3. The van der Waals surface area contributed by atoms with Gasteiger partial charge in [0.1, 0.15) is 4.88 Å². The lowest BCUT2D eigenvalue weighted by molar-refractivity contribution is 0.00578. The lowest BCUT2D eigenvalue weighted by Crippen LogP contribution is -2.41. The first-order chi connectivity index (χ1) is 15.1. The molecular formula is C20H25BBrF2O7PS. The van der Waals surface area contributed by atoms with Crippen LogP contribution in [0.4, 0.5) is 8.78 Å². The van der Waals surface area contributed by atoms with E-state index in [1.54, 1.807) is 0 Å². The zero-order chi connectivity index (χ0) is 25.0. The highest BCUT2D eigenvalue weighted by Crippen LogP contribution is 2.69. The van der Waals surface area contributed by atoms with Crippen molar-refractivity contribution >= 4 is 63.5 Å². The monoisotopic (exact) mass is 568 g/mol. The molecular weight excluding hydrogens is 544 g/mol. The Morgan fingerprint density at radius 2 is 1.70 bits per heavy atom. The lowest BCUT2D eigenvalue weighted by atomic mass is 9.77. The maximum Gasteiger partial charge on any atom is 0.496 e. The predicted octanol–water partition coefficient (Wildman–Crippen LogP) is 5.98.